The summed E-state index contributed by atoms with van der Waals surface area (Å²) in [6, 6.07) is 0.399. The van der Waals surface area contributed by atoms with Crippen molar-refractivity contribution in [3.05, 3.63) is 21.6 Å². The molecule has 1 fully saturated rings. The number of aryl methyl sites for hydroxylation is 1. The molecule has 1 aromatic heterocycles. The molecule has 1 aromatic rings. The zero-order valence-corrected chi connectivity index (χ0v) is 11.6. The molecule has 2 heterocycles. The van der Waals surface area contributed by atoms with E-state index < -0.39 is 0 Å². The first-order valence-corrected chi connectivity index (χ1v) is 7.20. The molecule has 0 saturated carbocycles. The Morgan fingerprint density at radius 2 is 2.29 bits per heavy atom. The zero-order valence-electron chi connectivity index (χ0n) is 10.0. The SMILES string of the molecule is CC1CCSCCN1c1cnn(C)c(=O)c1Cl. The van der Waals surface area contributed by atoms with Gasteiger partial charge in [-0.2, -0.15) is 16.9 Å². The van der Waals surface area contributed by atoms with Crippen LogP contribution < -0.4 is 10.5 Å². The van der Waals surface area contributed by atoms with Crippen LogP contribution >= 0.6 is 23.4 Å². The van der Waals surface area contributed by atoms with Crippen LogP contribution in [0.4, 0.5) is 5.69 Å². The third-order valence-electron chi connectivity index (χ3n) is 3.06. The lowest BCUT2D eigenvalue weighted by Gasteiger charge is -2.29. The fraction of sp³-hybridized carbons (Fsp3) is 0.636. The fourth-order valence-electron chi connectivity index (χ4n) is 1.96. The van der Waals surface area contributed by atoms with Crippen LogP contribution in [0.5, 0.6) is 0 Å². The maximum absolute atomic E-state index is 11.8. The van der Waals surface area contributed by atoms with Gasteiger partial charge in [0.25, 0.3) is 5.56 Å². The van der Waals surface area contributed by atoms with Gasteiger partial charge >= 0.3 is 0 Å². The average molecular weight is 274 g/mol. The summed E-state index contributed by atoms with van der Waals surface area (Å²) in [6.45, 7) is 3.08. The molecule has 1 aliphatic heterocycles. The van der Waals surface area contributed by atoms with Crippen LogP contribution in [0.1, 0.15) is 13.3 Å². The number of hydrogen-bond donors (Lipinski definition) is 0. The van der Waals surface area contributed by atoms with Gasteiger partial charge in [0.1, 0.15) is 5.02 Å². The summed E-state index contributed by atoms with van der Waals surface area (Å²) in [4.78, 5) is 14.0. The smallest absolute Gasteiger partial charge is 0.287 e. The molecule has 0 radical (unpaired) electrons. The predicted molar refractivity (Wildman–Crippen MR) is 73.2 cm³/mol. The highest BCUT2D eigenvalue weighted by Gasteiger charge is 2.21. The van der Waals surface area contributed by atoms with E-state index in [0.717, 1.165) is 30.2 Å². The number of halogens is 1. The number of thioether (sulfide) groups is 1. The minimum atomic E-state index is -0.228. The van der Waals surface area contributed by atoms with Gasteiger partial charge in [-0.3, -0.25) is 4.79 Å². The van der Waals surface area contributed by atoms with E-state index >= 15 is 0 Å². The van der Waals surface area contributed by atoms with Gasteiger partial charge < -0.3 is 4.90 Å². The minimum Gasteiger partial charge on any atom is -0.365 e. The Labute approximate surface area is 110 Å². The summed E-state index contributed by atoms with van der Waals surface area (Å²) >= 11 is 8.07. The Balaban J connectivity index is 2.38. The largest absolute Gasteiger partial charge is 0.365 e. The van der Waals surface area contributed by atoms with Crippen molar-refractivity contribution in [2.24, 2.45) is 7.05 Å². The zero-order chi connectivity index (χ0) is 12.4. The van der Waals surface area contributed by atoms with E-state index in [2.05, 4.69) is 16.9 Å². The highest BCUT2D eigenvalue weighted by Crippen LogP contribution is 2.26. The molecule has 0 N–H and O–H groups in total. The van der Waals surface area contributed by atoms with Gasteiger partial charge in [-0.25, -0.2) is 4.68 Å². The molecule has 1 aliphatic rings. The predicted octanol–water partition coefficient (Wildman–Crippen LogP) is 1.77. The Morgan fingerprint density at radius 1 is 1.53 bits per heavy atom. The van der Waals surface area contributed by atoms with Crippen molar-refractivity contribution in [3.8, 4) is 0 Å². The average Bonchev–Trinajstić information content (AvgIpc) is 2.52. The molecule has 0 bridgehead atoms. The lowest BCUT2D eigenvalue weighted by atomic mass is 10.2. The summed E-state index contributed by atoms with van der Waals surface area (Å²) in [5, 5.41) is 4.33. The first-order valence-electron chi connectivity index (χ1n) is 5.67. The van der Waals surface area contributed by atoms with Crippen molar-refractivity contribution < 1.29 is 0 Å². The van der Waals surface area contributed by atoms with E-state index in [-0.39, 0.29) is 10.6 Å². The molecule has 0 spiro atoms. The van der Waals surface area contributed by atoms with Crippen molar-refractivity contribution in [2.75, 3.05) is 23.0 Å². The molecule has 17 heavy (non-hydrogen) atoms. The van der Waals surface area contributed by atoms with Crippen molar-refractivity contribution in [3.63, 3.8) is 0 Å². The lowest BCUT2D eigenvalue weighted by molar-refractivity contribution is 0.635. The highest BCUT2D eigenvalue weighted by atomic mass is 35.5. The van der Waals surface area contributed by atoms with Crippen molar-refractivity contribution in [1.29, 1.82) is 0 Å². The molecule has 4 nitrogen and oxygen atoms in total. The van der Waals surface area contributed by atoms with Crippen molar-refractivity contribution in [1.82, 2.24) is 9.78 Å². The van der Waals surface area contributed by atoms with E-state index in [4.69, 9.17) is 11.6 Å². The third kappa shape index (κ3) is 2.60. The topological polar surface area (TPSA) is 38.1 Å². The van der Waals surface area contributed by atoms with E-state index in [1.807, 2.05) is 11.8 Å². The molecule has 6 heteroatoms. The Bertz CT molecular complexity index is 463. The van der Waals surface area contributed by atoms with Crippen LogP contribution in [0.15, 0.2) is 11.0 Å². The van der Waals surface area contributed by atoms with E-state index in [0.29, 0.717) is 6.04 Å². The summed E-state index contributed by atoms with van der Waals surface area (Å²) in [7, 11) is 1.61. The van der Waals surface area contributed by atoms with Gasteiger partial charge in [-0.05, 0) is 19.1 Å². The first kappa shape index (κ1) is 12.8. The molecular formula is C11H16ClN3OS. The quantitative estimate of drug-likeness (QED) is 0.782. The molecule has 0 amide bonds. The molecule has 1 atom stereocenters. The number of nitrogens with zero attached hydrogens (tertiary/aromatic N) is 3. The van der Waals surface area contributed by atoms with Crippen molar-refractivity contribution in [2.45, 2.75) is 19.4 Å². The summed E-state index contributed by atoms with van der Waals surface area (Å²) in [6.07, 6.45) is 2.80. The summed E-state index contributed by atoms with van der Waals surface area (Å²) in [5.74, 6) is 2.23. The standard InChI is InChI=1S/C11H16ClN3OS/c1-8-3-5-17-6-4-15(8)9-7-13-14(2)11(16)10(9)12/h7-8H,3-6H2,1-2H3. The van der Waals surface area contributed by atoms with Gasteiger partial charge in [-0.15, -0.1) is 0 Å². The number of anilines is 1. The third-order valence-corrected chi connectivity index (χ3v) is 4.41. The second kappa shape index (κ2) is 5.31. The number of hydrogen-bond acceptors (Lipinski definition) is 4. The van der Waals surface area contributed by atoms with Gasteiger partial charge in [0.05, 0.1) is 11.9 Å². The molecule has 1 saturated heterocycles. The monoisotopic (exact) mass is 273 g/mol. The molecule has 1 unspecified atom stereocenters. The number of rotatable bonds is 1. The van der Waals surface area contributed by atoms with Crippen molar-refractivity contribution >= 4 is 29.1 Å². The molecule has 0 aromatic carbocycles. The van der Waals surface area contributed by atoms with Crippen LogP contribution in [0.25, 0.3) is 0 Å². The second-order valence-corrected chi connectivity index (χ2v) is 5.82. The molecule has 94 valence electrons. The van der Waals surface area contributed by atoms with E-state index in [1.165, 1.54) is 4.68 Å². The van der Waals surface area contributed by atoms with E-state index in [1.54, 1.807) is 13.2 Å². The molecule has 2 rings (SSSR count). The maximum Gasteiger partial charge on any atom is 0.287 e. The van der Waals surface area contributed by atoms with Gasteiger partial charge in [-0.1, -0.05) is 11.6 Å². The first-order chi connectivity index (χ1) is 8.11. The lowest BCUT2D eigenvalue weighted by Crippen LogP contribution is -2.36. The second-order valence-electron chi connectivity index (χ2n) is 4.22. The van der Waals surface area contributed by atoms with E-state index in [9.17, 15) is 4.79 Å². The Hall–Kier alpha value is -0.680. The Kier molecular flexibility index (Phi) is 3.99. The van der Waals surface area contributed by atoms with Crippen LogP contribution in [0, 0.1) is 0 Å². The van der Waals surface area contributed by atoms with Crippen LogP contribution in [0.2, 0.25) is 5.02 Å². The Morgan fingerprint density at radius 3 is 3.06 bits per heavy atom. The highest BCUT2D eigenvalue weighted by molar-refractivity contribution is 7.99. The van der Waals surface area contributed by atoms with Gasteiger partial charge in [0, 0.05) is 25.4 Å². The maximum atomic E-state index is 11.8. The fourth-order valence-corrected chi connectivity index (χ4v) is 3.27. The van der Waals surface area contributed by atoms with Gasteiger partial charge in [0.2, 0.25) is 0 Å². The van der Waals surface area contributed by atoms with Crippen LogP contribution in [-0.2, 0) is 7.05 Å². The number of aromatic nitrogens is 2. The minimum absolute atomic E-state index is 0.228. The molecule has 0 aliphatic carbocycles. The van der Waals surface area contributed by atoms with Crippen LogP contribution in [0.3, 0.4) is 0 Å². The molecular weight excluding hydrogens is 258 g/mol. The van der Waals surface area contributed by atoms with Gasteiger partial charge in [0.15, 0.2) is 0 Å². The van der Waals surface area contributed by atoms with Crippen LogP contribution in [-0.4, -0.2) is 33.9 Å². The normalized spacial score (nSPS) is 21.4. The summed E-state index contributed by atoms with van der Waals surface area (Å²) < 4.78 is 1.27. The summed E-state index contributed by atoms with van der Waals surface area (Å²) in [5.41, 5.74) is 0.540.